The number of hydrogen-bond acceptors (Lipinski definition) is 0. The molecule has 0 heterocycles. The van der Waals surface area contributed by atoms with Crippen molar-refractivity contribution < 1.29 is 0 Å². The van der Waals surface area contributed by atoms with Crippen molar-refractivity contribution in [1.29, 1.82) is 0 Å². The number of unbranched alkanes of at least 4 members (excludes halogenated alkanes) is 10. The quantitative estimate of drug-likeness (QED) is 0.204. The van der Waals surface area contributed by atoms with Crippen molar-refractivity contribution in [3.8, 4) is 0 Å². The van der Waals surface area contributed by atoms with Crippen molar-refractivity contribution in [3.05, 3.63) is 11.8 Å². The minimum atomic E-state index is -2.52. The molecule has 0 N–H and O–H groups in total. The lowest BCUT2D eigenvalue weighted by Gasteiger charge is -2.01. The summed E-state index contributed by atoms with van der Waals surface area (Å²) in [6, 6.07) is -2.52. The van der Waals surface area contributed by atoms with E-state index in [1.165, 1.54) is 64.2 Å². The van der Waals surface area contributed by atoms with Gasteiger partial charge in [0.15, 0.2) is 0 Å². The molecule has 0 aromatic heterocycles. The molecule has 0 bridgehead atoms. The number of allylic oxidation sites excluding steroid dienone is 1. The van der Waals surface area contributed by atoms with E-state index in [2.05, 4.69) is 6.92 Å². The fourth-order valence-electron chi connectivity index (χ4n) is 1.97. The van der Waals surface area contributed by atoms with Gasteiger partial charge in [0, 0.05) is 0 Å². The van der Waals surface area contributed by atoms with Crippen LogP contribution in [0.5, 0.6) is 0 Å². The summed E-state index contributed by atoms with van der Waals surface area (Å²) >= 11 is 17.2. The summed E-state index contributed by atoms with van der Waals surface area (Å²) in [5.74, 6) is 0. The van der Waals surface area contributed by atoms with Crippen molar-refractivity contribution >= 4 is 39.2 Å². The van der Waals surface area contributed by atoms with Crippen LogP contribution in [-0.2, 0) is 0 Å². The predicted molar refractivity (Wildman–Crippen MR) is 88.9 cm³/mol. The lowest BCUT2D eigenvalue weighted by Crippen LogP contribution is -2.02. The van der Waals surface area contributed by atoms with Gasteiger partial charge < -0.3 is 0 Å². The van der Waals surface area contributed by atoms with Gasteiger partial charge in [-0.05, 0) is 12.8 Å². The van der Waals surface area contributed by atoms with Gasteiger partial charge in [0.2, 0.25) is 0 Å². The fourth-order valence-corrected chi connectivity index (χ4v) is 3.20. The zero-order valence-corrected chi connectivity index (χ0v) is 14.8. The minimum absolute atomic E-state index is 1.05. The Balaban J connectivity index is 3.10. The molecular formula is C14H27Cl3Si. The molecule has 0 rings (SSSR count). The first kappa shape index (κ1) is 18.8. The molecule has 0 aromatic rings. The highest BCUT2D eigenvalue weighted by molar-refractivity contribution is 7.66. The molecule has 0 atom stereocenters. The fraction of sp³-hybridized carbons (Fsp3) is 0.857. The van der Waals surface area contributed by atoms with E-state index in [4.69, 9.17) is 33.2 Å². The number of hydrogen-bond donors (Lipinski definition) is 0. The van der Waals surface area contributed by atoms with E-state index in [0.717, 1.165) is 6.42 Å². The standard InChI is InChI=1S/C14H27Cl3Si/c1-2-3-4-5-6-7-8-9-10-11-12-13-14-18(15,16)17/h13-14H,2-12H2,1H3/b14-13+. The van der Waals surface area contributed by atoms with Crippen LogP contribution in [0.4, 0.5) is 0 Å². The van der Waals surface area contributed by atoms with Crippen LogP contribution in [0.2, 0.25) is 0 Å². The molecule has 0 saturated carbocycles. The summed E-state index contributed by atoms with van der Waals surface area (Å²) in [6.45, 7) is 2.26. The summed E-state index contributed by atoms with van der Waals surface area (Å²) in [7, 11) is 0. The van der Waals surface area contributed by atoms with Gasteiger partial charge in [-0.15, -0.1) is 33.2 Å². The summed E-state index contributed by atoms with van der Waals surface area (Å²) in [5, 5.41) is 0. The summed E-state index contributed by atoms with van der Waals surface area (Å²) in [6.07, 6.45) is 16.8. The van der Waals surface area contributed by atoms with Gasteiger partial charge in [-0.1, -0.05) is 76.5 Å². The molecule has 108 valence electrons. The first-order valence-corrected chi connectivity index (χ1v) is 12.4. The van der Waals surface area contributed by atoms with E-state index < -0.39 is 6.00 Å². The van der Waals surface area contributed by atoms with Gasteiger partial charge in [0.1, 0.15) is 0 Å². The second-order valence-corrected chi connectivity index (χ2v) is 13.4. The first-order valence-electron chi connectivity index (χ1n) is 7.30. The SMILES string of the molecule is CCCCCCCCCCCC/C=C/[Si](Cl)(Cl)Cl. The molecule has 0 amide bonds. The average molecular weight is 330 g/mol. The van der Waals surface area contributed by atoms with Crippen molar-refractivity contribution in [1.82, 2.24) is 0 Å². The second-order valence-electron chi connectivity index (χ2n) is 4.91. The smallest absolute Gasteiger partial charge is 0.121 e. The molecule has 0 fully saturated rings. The maximum atomic E-state index is 5.75. The molecule has 0 aliphatic rings. The Morgan fingerprint density at radius 2 is 1.17 bits per heavy atom. The van der Waals surface area contributed by atoms with E-state index in [1.807, 2.05) is 6.08 Å². The Morgan fingerprint density at radius 3 is 1.61 bits per heavy atom. The van der Waals surface area contributed by atoms with Crippen molar-refractivity contribution in [2.45, 2.75) is 77.6 Å². The van der Waals surface area contributed by atoms with E-state index in [9.17, 15) is 0 Å². The van der Waals surface area contributed by atoms with Gasteiger partial charge in [-0.25, -0.2) is 0 Å². The number of halogens is 3. The summed E-state index contributed by atoms with van der Waals surface area (Å²) in [5.41, 5.74) is 1.78. The molecule has 0 saturated heterocycles. The molecule has 0 radical (unpaired) electrons. The van der Waals surface area contributed by atoms with Crippen LogP contribution in [0.1, 0.15) is 77.6 Å². The Labute approximate surface area is 128 Å². The van der Waals surface area contributed by atoms with Crippen LogP contribution >= 0.6 is 33.2 Å². The minimum Gasteiger partial charge on any atom is -0.121 e. The highest BCUT2D eigenvalue weighted by Crippen LogP contribution is 2.21. The zero-order valence-electron chi connectivity index (χ0n) is 11.6. The van der Waals surface area contributed by atoms with E-state index >= 15 is 0 Å². The normalized spacial score (nSPS) is 12.4. The second kappa shape index (κ2) is 12.8. The van der Waals surface area contributed by atoms with E-state index in [-0.39, 0.29) is 0 Å². The lowest BCUT2D eigenvalue weighted by atomic mass is 10.1. The van der Waals surface area contributed by atoms with Gasteiger partial charge in [0.05, 0.1) is 0 Å². The van der Waals surface area contributed by atoms with Gasteiger partial charge in [-0.3, -0.25) is 0 Å². The van der Waals surface area contributed by atoms with Crippen LogP contribution in [0.25, 0.3) is 0 Å². The lowest BCUT2D eigenvalue weighted by molar-refractivity contribution is 0.557. The average Bonchev–Trinajstić information content (AvgIpc) is 2.29. The highest BCUT2D eigenvalue weighted by atomic mass is 35.8. The van der Waals surface area contributed by atoms with E-state index in [1.54, 1.807) is 5.70 Å². The Kier molecular flexibility index (Phi) is 13.4. The van der Waals surface area contributed by atoms with Crippen LogP contribution in [0.3, 0.4) is 0 Å². The molecule has 4 heteroatoms. The Bertz CT molecular complexity index is 200. The summed E-state index contributed by atoms with van der Waals surface area (Å²) in [4.78, 5) is 0. The van der Waals surface area contributed by atoms with Crippen LogP contribution in [0, 0.1) is 0 Å². The van der Waals surface area contributed by atoms with Crippen molar-refractivity contribution in [3.63, 3.8) is 0 Å². The molecule has 0 aromatic carbocycles. The highest BCUT2D eigenvalue weighted by Gasteiger charge is 2.19. The molecule has 0 unspecified atom stereocenters. The van der Waals surface area contributed by atoms with Crippen LogP contribution < -0.4 is 0 Å². The van der Waals surface area contributed by atoms with Crippen LogP contribution in [0.15, 0.2) is 11.8 Å². The monoisotopic (exact) mass is 328 g/mol. The third kappa shape index (κ3) is 16.8. The van der Waals surface area contributed by atoms with Gasteiger partial charge in [0.25, 0.3) is 0 Å². The molecule has 0 spiro atoms. The largest absolute Gasteiger partial charge is 0.365 e. The third-order valence-corrected chi connectivity index (χ3v) is 4.78. The number of rotatable bonds is 12. The maximum absolute atomic E-state index is 5.75. The first-order chi connectivity index (χ1) is 8.56. The van der Waals surface area contributed by atoms with Gasteiger partial charge in [-0.2, -0.15) is 0 Å². The third-order valence-electron chi connectivity index (χ3n) is 3.03. The molecule has 18 heavy (non-hydrogen) atoms. The molecular weight excluding hydrogens is 303 g/mol. The van der Waals surface area contributed by atoms with Gasteiger partial charge >= 0.3 is 6.00 Å². The molecule has 0 aliphatic heterocycles. The van der Waals surface area contributed by atoms with Crippen molar-refractivity contribution in [2.75, 3.05) is 0 Å². The molecule has 0 aliphatic carbocycles. The zero-order chi connectivity index (χ0) is 13.7. The maximum Gasteiger partial charge on any atom is 0.365 e. The van der Waals surface area contributed by atoms with Crippen molar-refractivity contribution in [2.24, 2.45) is 0 Å². The van der Waals surface area contributed by atoms with E-state index in [0.29, 0.717) is 0 Å². The Hall–Kier alpha value is 0.827. The topological polar surface area (TPSA) is 0 Å². The van der Waals surface area contributed by atoms with Crippen LogP contribution in [-0.4, -0.2) is 6.00 Å². The Morgan fingerprint density at radius 1 is 0.722 bits per heavy atom. The predicted octanol–water partition coefficient (Wildman–Crippen LogP) is 7.05. The molecule has 0 nitrogen and oxygen atoms in total. The summed E-state index contributed by atoms with van der Waals surface area (Å²) < 4.78 is 0.